The first kappa shape index (κ1) is 12.2. The molecule has 1 nitrogen and oxygen atoms in total. The quantitative estimate of drug-likeness (QED) is 0.559. The van der Waals surface area contributed by atoms with Crippen molar-refractivity contribution in [2.45, 2.75) is 46.1 Å². The van der Waals surface area contributed by atoms with Crippen molar-refractivity contribution in [3.8, 4) is 0 Å². The Hall–Kier alpha value is 0.250. The van der Waals surface area contributed by atoms with Gasteiger partial charge in [-0.15, -0.1) is 11.6 Å². The molecule has 0 radical (unpaired) electrons. The van der Waals surface area contributed by atoms with Gasteiger partial charge in [0.25, 0.3) is 0 Å². The monoisotopic (exact) mass is 191 g/mol. The zero-order chi connectivity index (χ0) is 9.40. The number of hydrogen-bond acceptors (Lipinski definition) is 1. The lowest BCUT2D eigenvalue weighted by Crippen LogP contribution is -2.35. The number of nitrogens with zero attached hydrogens (tertiary/aromatic N) is 1. The van der Waals surface area contributed by atoms with Gasteiger partial charge in [-0.1, -0.05) is 20.8 Å². The van der Waals surface area contributed by atoms with Crippen LogP contribution in [0.15, 0.2) is 0 Å². The first-order valence-corrected chi connectivity index (χ1v) is 5.63. The van der Waals surface area contributed by atoms with Gasteiger partial charge in [0.1, 0.15) is 0 Å². The molecule has 0 fully saturated rings. The van der Waals surface area contributed by atoms with Crippen molar-refractivity contribution in [3.05, 3.63) is 0 Å². The molecule has 0 aromatic rings. The molecule has 0 amide bonds. The van der Waals surface area contributed by atoms with E-state index in [0.717, 1.165) is 31.4 Å². The fourth-order valence-electron chi connectivity index (χ4n) is 1.67. The number of halogens is 1. The van der Waals surface area contributed by atoms with Gasteiger partial charge in [-0.25, -0.2) is 0 Å². The highest BCUT2D eigenvalue weighted by molar-refractivity contribution is 6.17. The second kappa shape index (κ2) is 7.88. The third-order valence-corrected chi connectivity index (χ3v) is 2.71. The normalized spacial score (nSPS) is 11.5. The summed E-state index contributed by atoms with van der Waals surface area (Å²) in [5, 5.41) is 0. The minimum atomic E-state index is 0.762. The van der Waals surface area contributed by atoms with Crippen LogP contribution in [0.4, 0.5) is 0 Å². The van der Waals surface area contributed by atoms with Crippen molar-refractivity contribution in [3.63, 3.8) is 0 Å². The lowest BCUT2D eigenvalue weighted by molar-refractivity contribution is 0.196. The second-order valence-corrected chi connectivity index (χ2v) is 3.52. The molecule has 2 heteroatoms. The van der Waals surface area contributed by atoms with Crippen LogP contribution >= 0.6 is 11.6 Å². The van der Waals surface area contributed by atoms with Gasteiger partial charge in [0.05, 0.1) is 0 Å². The topological polar surface area (TPSA) is 3.24 Å². The van der Waals surface area contributed by atoms with E-state index in [9.17, 15) is 0 Å². The third-order valence-electron chi connectivity index (χ3n) is 2.44. The summed E-state index contributed by atoms with van der Waals surface area (Å²) in [6.45, 7) is 9.07. The van der Waals surface area contributed by atoms with Gasteiger partial charge in [-0.3, -0.25) is 0 Å². The highest BCUT2D eigenvalue weighted by Gasteiger charge is 2.11. The molecule has 0 atom stereocenters. The molecule has 0 unspecified atom stereocenters. The molecule has 0 aliphatic rings. The fraction of sp³-hybridized carbons (Fsp3) is 1.00. The summed E-state index contributed by atoms with van der Waals surface area (Å²) in [4.78, 5) is 2.53. The number of alkyl halides is 1. The molecule has 0 saturated heterocycles. The van der Waals surface area contributed by atoms with Gasteiger partial charge in [0.2, 0.25) is 0 Å². The average Bonchev–Trinajstić information content (AvgIpc) is 2.12. The van der Waals surface area contributed by atoms with Gasteiger partial charge in [0.15, 0.2) is 0 Å². The average molecular weight is 192 g/mol. The largest absolute Gasteiger partial charge is 0.301 e. The summed E-state index contributed by atoms with van der Waals surface area (Å²) in [6, 6.07) is 0.762. The Bertz CT molecular complexity index is 91.8. The predicted octanol–water partition coefficient (Wildman–Crippen LogP) is 3.13. The van der Waals surface area contributed by atoms with Crippen molar-refractivity contribution in [2.24, 2.45) is 0 Å². The molecule has 0 spiro atoms. The number of hydrogen-bond donors (Lipinski definition) is 0. The summed E-state index contributed by atoms with van der Waals surface area (Å²) >= 11 is 5.67. The van der Waals surface area contributed by atoms with Crippen molar-refractivity contribution in [2.75, 3.05) is 19.0 Å². The van der Waals surface area contributed by atoms with Crippen LogP contribution in [0.1, 0.15) is 40.0 Å². The van der Waals surface area contributed by atoms with E-state index in [2.05, 4.69) is 25.7 Å². The Morgan fingerprint density at radius 3 is 2.08 bits per heavy atom. The van der Waals surface area contributed by atoms with E-state index in [1.807, 2.05) is 0 Å². The molecule has 0 rings (SSSR count). The van der Waals surface area contributed by atoms with Crippen molar-refractivity contribution < 1.29 is 0 Å². The van der Waals surface area contributed by atoms with Crippen LogP contribution < -0.4 is 0 Å². The van der Waals surface area contributed by atoms with Crippen molar-refractivity contribution >= 4 is 11.6 Å². The molecule has 0 saturated carbocycles. The maximum atomic E-state index is 5.67. The van der Waals surface area contributed by atoms with E-state index in [4.69, 9.17) is 11.6 Å². The maximum absolute atomic E-state index is 5.67. The minimum absolute atomic E-state index is 0.762. The molecule has 0 bridgehead atoms. The summed E-state index contributed by atoms with van der Waals surface area (Å²) in [5.74, 6) is 0.788. The molecule has 12 heavy (non-hydrogen) atoms. The van der Waals surface area contributed by atoms with E-state index in [1.54, 1.807) is 0 Å². The summed E-state index contributed by atoms with van der Waals surface area (Å²) in [5.41, 5.74) is 0. The Morgan fingerprint density at radius 1 is 1.17 bits per heavy atom. The van der Waals surface area contributed by atoms with Crippen LogP contribution in [0, 0.1) is 0 Å². The van der Waals surface area contributed by atoms with Gasteiger partial charge in [-0.2, -0.15) is 0 Å². The zero-order valence-corrected chi connectivity index (χ0v) is 9.40. The highest BCUT2D eigenvalue weighted by atomic mass is 35.5. The predicted molar refractivity (Wildman–Crippen MR) is 57.0 cm³/mol. The molecule has 0 heterocycles. The van der Waals surface area contributed by atoms with E-state index >= 15 is 0 Å². The molecule has 0 aliphatic heterocycles. The second-order valence-electron chi connectivity index (χ2n) is 3.14. The fourth-order valence-corrected chi connectivity index (χ4v) is 1.79. The Kier molecular flexibility index (Phi) is 8.04. The van der Waals surface area contributed by atoms with E-state index in [-0.39, 0.29) is 0 Å². The van der Waals surface area contributed by atoms with Crippen LogP contribution in [0.25, 0.3) is 0 Å². The Labute approximate surface area is 82.1 Å². The van der Waals surface area contributed by atoms with Crippen LogP contribution in [-0.2, 0) is 0 Å². The van der Waals surface area contributed by atoms with Crippen LogP contribution in [0.3, 0.4) is 0 Å². The smallest absolute Gasteiger partial charge is 0.0235 e. The van der Waals surface area contributed by atoms with Gasteiger partial charge in [0, 0.05) is 11.9 Å². The van der Waals surface area contributed by atoms with Crippen LogP contribution in [-0.4, -0.2) is 29.9 Å². The molecule has 0 aliphatic carbocycles. The van der Waals surface area contributed by atoms with Gasteiger partial charge >= 0.3 is 0 Å². The molecule has 74 valence electrons. The van der Waals surface area contributed by atoms with Crippen LogP contribution in [0.5, 0.6) is 0 Å². The zero-order valence-electron chi connectivity index (χ0n) is 8.65. The van der Waals surface area contributed by atoms with Crippen molar-refractivity contribution in [1.29, 1.82) is 0 Å². The van der Waals surface area contributed by atoms with E-state index in [0.29, 0.717) is 0 Å². The van der Waals surface area contributed by atoms with Gasteiger partial charge < -0.3 is 4.90 Å². The Balaban J connectivity index is 3.75. The van der Waals surface area contributed by atoms with E-state index in [1.165, 1.54) is 12.8 Å². The summed E-state index contributed by atoms with van der Waals surface area (Å²) < 4.78 is 0. The standard InChI is InChI=1S/C10H22ClN/c1-4-10(5-2)12(6-3)9-7-8-11/h10H,4-9H2,1-3H3. The minimum Gasteiger partial charge on any atom is -0.301 e. The SMILES string of the molecule is CCC(CC)N(CC)CCCCl. The molecule has 0 N–H and O–H groups in total. The molecular weight excluding hydrogens is 170 g/mol. The first-order valence-electron chi connectivity index (χ1n) is 5.10. The summed E-state index contributed by atoms with van der Waals surface area (Å²) in [6.07, 6.45) is 3.63. The Morgan fingerprint density at radius 2 is 1.75 bits per heavy atom. The molecule has 0 aromatic heterocycles. The van der Waals surface area contributed by atoms with Gasteiger partial charge in [-0.05, 0) is 32.4 Å². The van der Waals surface area contributed by atoms with Crippen LogP contribution in [0.2, 0.25) is 0 Å². The third kappa shape index (κ3) is 4.32. The lowest BCUT2D eigenvalue weighted by Gasteiger charge is -2.28. The van der Waals surface area contributed by atoms with Crippen molar-refractivity contribution in [1.82, 2.24) is 4.90 Å². The molecule has 0 aromatic carbocycles. The first-order chi connectivity index (χ1) is 5.79. The highest BCUT2D eigenvalue weighted by Crippen LogP contribution is 2.08. The summed E-state index contributed by atoms with van der Waals surface area (Å²) in [7, 11) is 0. The van der Waals surface area contributed by atoms with E-state index < -0.39 is 0 Å². The number of rotatable bonds is 7. The lowest BCUT2D eigenvalue weighted by atomic mass is 10.1. The molecular formula is C10H22ClN. The maximum Gasteiger partial charge on any atom is 0.0235 e.